The quantitative estimate of drug-likeness (QED) is 0.125. The van der Waals surface area contributed by atoms with Gasteiger partial charge < -0.3 is 14.4 Å². The SMILES string of the molecule is COC(=O)/C=C/c1ccc2c(c1)C1(C(=O)N2Cc2ccc(OC)cc2)[C@H](C(=O)/C=C/c2ccccc2Br)[C@@H](c2ccccc2Br)[C@@H]2CSCN21. The van der Waals surface area contributed by atoms with Crippen LogP contribution in [0, 0.1) is 5.92 Å². The van der Waals surface area contributed by atoms with E-state index in [2.05, 4.69) is 42.8 Å². The smallest absolute Gasteiger partial charge is 0.330 e. The number of carbonyl (C=O) groups is 3. The van der Waals surface area contributed by atoms with E-state index in [0.717, 1.165) is 54.0 Å². The molecule has 2 fully saturated rings. The summed E-state index contributed by atoms with van der Waals surface area (Å²) < 4.78 is 12.0. The number of hydrogen-bond donors (Lipinski definition) is 0. The van der Waals surface area contributed by atoms with Crippen molar-refractivity contribution in [1.82, 2.24) is 4.90 Å². The van der Waals surface area contributed by atoms with Crippen molar-refractivity contribution in [2.24, 2.45) is 5.92 Å². The molecule has 0 N–H and O–H groups in total. The molecule has 0 aliphatic carbocycles. The number of nitrogens with zero attached hydrogens (tertiary/aromatic N) is 2. The van der Waals surface area contributed by atoms with Gasteiger partial charge in [-0.1, -0.05) is 92.5 Å². The summed E-state index contributed by atoms with van der Waals surface area (Å²) in [6.45, 7) is 0.313. The second-order valence-corrected chi connectivity index (χ2v) is 15.2. The van der Waals surface area contributed by atoms with Gasteiger partial charge in [0, 0.05) is 49.9 Å². The molecule has 0 saturated carbocycles. The molecule has 50 heavy (non-hydrogen) atoms. The average Bonchev–Trinajstić information content (AvgIpc) is 3.79. The number of esters is 1. The number of thioether (sulfide) groups is 1. The molecule has 4 atom stereocenters. The Morgan fingerprint density at radius 2 is 1.66 bits per heavy atom. The largest absolute Gasteiger partial charge is 0.497 e. The van der Waals surface area contributed by atoms with Gasteiger partial charge in [0.05, 0.1) is 26.7 Å². The predicted octanol–water partition coefficient (Wildman–Crippen LogP) is 8.22. The van der Waals surface area contributed by atoms with E-state index in [1.54, 1.807) is 31.0 Å². The summed E-state index contributed by atoms with van der Waals surface area (Å²) in [7, 11) is 2.96. The van der Waals surface area contributed by atoms with Gasteiger partial charge in [0.15, 0.2) is 5.78 Å². The second-order valence-electron chi connectivity index (χ2n) is 12.5. The third-order valence-electron chi connectivity index (χ3n) is 9.91. The standard InChI is InChI=1S/C40H34Br2N2O5S/c1-48-28-16-11-26(12-17-28)22-43-33-18-13-25(14-20-36(46)49-2)21-30(33)40(39(43)47)38(35(45)19-15-27-7-3-5-9-31(27)41)37(34-23-50-24-44(34)40)29-8-4-6-10-32(29)42/h3-21,34,37-38H,22-24H2,1-2H3/b19-15+,20-14+/t34-,37-,38+,40?/m0/s1. The fraction of sp³-hybridized carbons (Fsp3) is 0.225. The van der Waals surface area contributed by atoms with Crippen molar-refractivity contribution in [3.05, 3.63) is 140 Å². The minimum Gasteiger partial charge on any atom is -0.497 e. The van der Waals surface area contributed by atoms with Crippen molar-refractivity contribution in [2.75, 3.05) is 30.7 Å². The van der Waals surface area contributed by atoms with Gasteiger partial charge in [-0.05, 0) is 70.8 Å². The lowest BCUT2D eigenvalue weighted by molar-refractivity contribution is -0.136. The van der Waals surface area contributed by atoms with E-state index in [0.29, 0.717) is 12.4 Å². The zero-order chi connectivity index (χ0) is 35.0. The molecule has 0 bridgehead atoms. The fourth-order valence-corrected chi connectivity index (χ4v) is 9.98. The number of benzene rings is 4. The van der Waals surface area contributed by atoms with Crippen LogP contribution in [0.5, 0.6) is 5.75 Å². The van der Waals surface area contributed by atoms with Crippen LogP contribution >= 0.6 is 43.6 Å². The number of allylic oxidation sites excluding steroid dienone is 1. The first-order chi connectivity index (χ1) is 24.3. The van der Waals surface area contributed by atoms with Crippen molar-refractivity contribution in [3.63, 3.8) is 0 Å². The van der Waals surface area contributed by atoms with Crippen LogP contribution in [0.2, 0.25) is 0 Å². The van der Waals surface area contributed by atoms with Gasteiger partial charge >= 0.3 is 5.97 Å². The lowest BCUT2D eigenvalue weighted by atomic mass is 9.70. The van der Waals surface area contributed by atoms with Crippen molar-refractivity contribution in [3.8, 4) is 5.75 Å². The number of ketones is 1. The zero-order valence-corrected chi connectivity index (χ0v) is 31.4. The first kappa shape index (κ1) is 34.5. The summed E-state index contributed by atoms with van der Waals surface area (Å²) >= 11 is 9.21. The molecular formula is C40H34Br2N2O5S. The Balaban J connectivity index is 1.44. The number of carbonyl (C=O) groups excluding carboxylic acids is 3. The number of fused-ring (bicyclic) bond motifs is 4. The maximum Gasteiger partial charge on any atom is 0.330 e. The molecule has 10 heteroatoms. The van der Waals surface area contributed by atoms with Gasteiger partial charge in [0.2, 0.25) is 0 Å². The Labute approximate surface area is 312 Å². The van der Waals surface area contributed by atoms with E-state index in [9.17, 15) is 4.79 Å². The molecule has 2 saturated heterocycles. The van der Waals surface area contributed by atoms with Crippen LogP contribution in [0.15, 0.2) is 112 Å². The minimum atomic E-state index is -1.31. The Kier molecular flexibility index (Phi) is 9.89. The number of amides is 1. The van der Waals surface area contributed by atoms with E-state index in [1.165, 1.54) is 13.2 Å². The molecular weight excluding hydrogens is 780 g/mol. The normalized spacial score (nSPS) is 22.8. The van der Waals surface area contributed by atoms with Gasteiger partial charge in [0.1, 0.15) is 11.3 Å². The summed E-state index contributed by atoms with van der Waals surface area (Å²) in [5.74, 6) is 0.318. The summed E-state index contributed by atoms with van der Waals surface area (Å²) in [5.41, 5.74) is 3.74. The van der Waals surface area contributed by atoms with Crippen molar-refractivity contribution in [2.45, 2.75) is 24.0 Å². The van der Waals surface area contributed by atoms with Gasteiger partial charge in [-0.2, -0.15) is 0 Å². The number of anilines is 1. The first-order valence-corrected chi connectivity index (χ1v) is 18.9. The van der Waals surface area contributed by atoms with E-state index in [1.807, 2.05) is 95.9 Å². The van der Waals surface area contributed by atoms with Crippen molar-refractivity contribution in [1.29, 1.82) is 0 Å². The first-order valence-electron chi connectivity index (χ1n) is 16.2. The molecule has 1 unspecified atom stereocenters. The average molecular weight is 815 g/mol. The highest BCUT2D eigenvalue weighted by molar-refractivity contribution is 9.10. The van der Waals surface area contributed by atoms with Crippen LogP contribution in [0.25, 0.3) is 12.2 Å². The lowest BCUT2D eigenvalue weighted by Gasteiger charge is -2.37. The van der Waals surface area contributed by atoms with Crippen molar-refractivity contribution < 1.29 is 23.9 Å². The van der Waals surface area contributed by atoms with Crippen LogP contribution in [0.1, 0.15) is 33.7 Å². The van der Waals surface area contributed by atoms with E-state index in [4.69, 9.17) is 9.47 Å². The van der Waals surface area contributed by atoms with E-state index < -0.39 is 17.4 Å². The third-order valence-corrected chi connectivity index (χ3v) is 12.4. The van der Waals surface area contributed by atoms with Gasteiger partial charge in [-0.25, -0.2) is 4.79 Å². The van der Waals surface area contributed by atoms with Gasteiger partial charge in [-0.15, -0.1) is 11.8 Å². The van der Waals surface area contributed by atoms with Gasteiger partial charge in [0.25, 0.3) is 5.91 Å². The Bertz CT molecular complexity index is 2030. The molecule has 4 aromatic rings. The van der Waals surface area contributed by atoms with Crippen LogP contribution in [0.4, 0.5) is 5.69 Å². The molecule has 0 aromatic heterocycles. The molecule has 7 rings (SSSR count). The minimum absolute atomic E-state index is 0.0866. The lowest BCUT2D eigenvalue weighted by Crippen LogP contribution is -2.54. The zero-order valence-electron chi connectivity index (χ0n) is 27.4. The number of methoxy groups -OCH3 is 2. The molecule has 3 aliphatic rings. The number of hydrogen-bond acceptors (Lipinski definition) is 7. The topological polar surface area (TPSA) is 76.1 Å². The Hall–Kier alpha value is -3.96. The van der Waals surface area contributed by atoms with Crippen LogP contribution in [0.3, 0.4) is 0 Å². The molecule has 7 nitrogen and oxygen atoms in total. The summed E-state index contributed by atoms with van der Waals surface area (Å²) in [6.07, 6.45) is 6.54. The van der Waals surface area contributed by atoms with E-state index in [-0.39, 0.29) is 23.7 Å². The molecule has 3 aliphatic heterocycles. The van der Waals surface area contributed by atoms with E-state index >= 15 is 9.59 Å². The van der Waals surface area contributed by atoms with Crippen LogP contribution in [-0.2, 0) is 31.2 Å². The summed E-state index contributed by atoms with van der Waals surface area (Å²) in [6, 6.07) is 29.2. The van der Waals surface area contributed by atoms with Crippen molar-refractivity contribution >= 4 is 79.1 Å². The number of halogens is 2. The molecule has 1 amide bonds. The number of rotatable bonds is 9. The Morgan fingerprint density at radius 3 is 2.38 bits per heavy atom. The maximum absolute atomic E-state index is 15.5. The highest BCUT2D eigenvalue weighted by Crippen LogP contribution is 2.63. The highest BCUT2D eigenvalue weighted by Gasteiger charge is 2.70. The van der Waals surface area contributed by atoms with Crippen LogP contribution in [-0.4, -0.2) is 54.5 Å². The molecule has 0 radical (unpaired) electrons. The molecule has 254 valence electrons. The molecule has 3 heterocycles. The summed E-state index contributed by atoms with van der Waals surface area (Å²) in [4.78, 5) is 46.8. The van der Waals surface area contributed by atoms with Crippen LogP contribution < -0.4 is 9.64 Å². The molecule has 4 aromatic carbocycles. The highest BCUT2D eigenvalue weighted by atomic mass is 79.9. The number of ether oxygens (including phenoxy) is 2. The van der Waals surface area contributed by atoms with Gasteiger partial charge in [-0.3, -0.25) is 14.5 Å². The molecule has 1 spiro atoms. The second kappa shape index (κ2) is 14.3. The Morgan fingerprint density at radius 1 is 0.920 bits per heavy atom. The summed E-state index contributed by atoms with van der Waals surface area (Å²) in [5, 5.41) is 0. The predicted molar refractivity (Wildman–Crippen MR) is 205 cm³/mol. The fourth-order valence-electron chi connectivity index (χ4n) is 7.69. The third kappa shape index (κ3) is 5.96. The monoisotopic (exact) mass is 812 g/mol. The maximum atomic E-state index is 15.5.